The molecule has 0 unspecified atom stereocenters. The molecule has 0 heterocycles. The quantitative estimate of drug-likeness (QED) is 0.320. The first-order valence-electron chi connectivity index (χ1n) is 3.65. The first kappa shape index (κ1) is 12.2. The fraction of sp³-hybridized carbons (Fsp3) is 0.111. The van der Waals surface area contributed by atoms with Crippen molar-refractivity contribution >= 4 is 22.6 Å². The van der Waals surface area contributed by atoms with Crippen LogP contribution in [0, 0.1) is 0 Å². The van der Waals surface area contributed by atoms with E-state index in [1.807, 2.05) is 6.92 Å². The highest BCUT2D eigenvalue weighted by Crippen LogP contribution is 2.24. The van der Waals surface area contributed by atoms with Crippen LogP contribution in [-0.4, -0.2) is 0 Å². The summed E-state index contributed by atoms with van der Waals surface area (Å²) in [6, 6.07) is 0. The van der Waals surface area contributed by atoms with E-state index in [2.05, 4.69) is 41.2 Å². The second-order valence-electron chi connectivity index (χ2n) is 2.40. The second kappa shape index (κ2) is 5.82. The zero-order valence-corrected chi connectivity index (χ0v) is 9.76. The zero-order chi connectivity index (χ0) is 10.4. The van der Waals surface area contributed by atoms with Crippen LogP contribution in [0.4, 0.5) is 0 Å². The molecule has 4 heteroatoms. The minimum Gasteiger partial charge on any atom is -0.404 e. The predicted octanol–water partition coefficient (Wildman–Crippen LogP) is 1.70. The fourth-order valence-corrected chi connectivity index (χ4v) is 1.43. The van der Waals surface area contributed by atoms with E-state index in [1.54, 1.807) is 6.08 Å². The molecule has 0 aliphatic carbocycles. The number of nitrogens with one attached hydrogen (secondary N) is 1. The minimum absolute atomic E-state index is 0.626. The van der Waals surface area contributed by atoms with Gasteiger partial charge in [0.05, 0.1) is 0 Å². The van der Waals surface area contributed by atoms with Crippen LogP contribution in [0.15, 0.2) is 45.9 Å². The van der Waals surface area contributed by atoms with Gasteiger partial charge in [0, 0.05) is 14.8 Å². The van der Waals surface area contributed by atoms with E-state index in [0.717, 1.165) is 14.7 Å². The molecule has 0 fully saturated rings. The van der Waals surface area contributed by atoms with Gasteiger partial charge in [-0.2, -0.15) is 0 Å². The first-order chi connectivity index (χ1) is 6.08. The zero-order valence-electron chi connectivity index (χ0n) is 7.60. The van der Waals surface area contributed by atoms with Gasteiger partial charge in [-0.25, -0.2) is 0 Å². The van der Waals surface area contributed by atoms with Gasteiger partial charge in [-0.1, -0.05) is 19.2 Å². The van der Waals surface area contributed by atoms with Crippen LogP contribution in [0.2, 0.25) is 0 Å². The van der Waals surface area contributed by atoms with Crippen molar-refractivity contribution in [2.75, 3.05) is 0 Å². The standard InChI is InChI=1S/C9H14IN3/c1-4-8(7(3)13-12)9(10)6(2)5-11/h4-5,13H,1,3,11-12H2,2H3/b6-5-,9-8+. The Morgan fingerprint density at radius 1 is 1.54 bits per heavy atom. The highest BCUT2D eigenvalue weighted by Gasteiger charge is 2.04. The summed E-state index contributed by atoms with van der Waals surface area (Å²) in [7, 11) is 0. The monoisotopic (exact) mass is 291 g/mol. The van der Waals surface area contributed by atoms with Crippen LogP contribution in [0.25, 0.3) is 0 Å². The Hall–Kier alpha value is -0.750. The molecule has 0 aliphatic heterocycles. The highest BCUT2D eigenvalue weighted by atomic mass is 127. The van der Waals surface area contributed by atoms with Crippen LogP contribution in [-0.2, 0) is 0 Å². The molecule has 0 bridgehead atoms. The van der Waals surface area contributed by atoms with Crippen molar-refractivity contribution in [2.24, 2.45) is 11.6 Å². The average molecular weight is 291 g/mol. The molecular formula is C9H14IN3. The fourth-order valence-electron chi connectivity index (χ4n) is 0.709. The van der Waals surface area contributed by atoms with Crippen molar-refractivity contribution in [1.29, 1.82) is 0 Å². The highest BCUT2D eigenvalue weighted by molar-refractivity contribution is 14.1. The van der Waals surface area contributed by atoms with Gasteiger partial charge in [-0.05, 0) is 41.3 Å². The lowest BCUT2D eigenvalue weighted by Gasteiger charge is -2.09. The summed E-state index contributed by atoms with van der Waals surface area (Å²) in [4.78, 5) is 0. The summed E-state index contributed by atoms with van der Waals surface area (Å²) in [5.41, 5.74) is 10.3. The summed E-state index contributed by atoms with van der Waals surface area (Å²) in [5.74, 6) is 5.24. The molecule has 0 rings (SSSR count). The second-order valence-corrected chi connectivity index (χ2v) is 3.48. The van der Waals surface area contributed by atoms with Crippen LogP contribution in [0.5, 0.6) is 0 Å². The smallest absolute Gasteiger partial charge is 0.0496 e. The van der Waals surface area contributed by atoms with Gasteiger partial charge < -0.3 is 11.2 Å². The molecule has 0 aromatic carbocycles. The van der Waals surface area contributed by atoms with Gasteiger partial charge in [0.25, 0.3) is 0 Å². The summed E-state index contributed by atoms with van der Waals surface area (Å²) in [6.07, 6.45) is 3.23. The number of hydrogen-bond acceptors (Lipinski definition) is 3. The molecule has 0 amide bonds. The maximum absolute atomic E-state index is 5.39. The van der Waals surface area contributed by atoms with Crippen LogP contribution in [0.3, 0.4) is 0 Å². The number of hydrazine groups is 1. The van der Waals surface area contributed by atoms with Crippen molar-refractivity contribution in [3.05, 3.63) is 45.9 Å². The van der Waals surface area contributed by atoms with Gasteiger partial charge in [-0.15, -0.1) is 0 Å². The van der Waals surface area contributed by atoms with Gasteiger partial charge in [0.1, 0.15) is 0 Å². The molecule has 0 radical (unpaired) electrons. The Labute approximate surface area is 92.4 Å². The average Bonchev–Trinajstić information content (AvgIpc) is 2.17. The third-order valence-electron chi connectivity index (χ3n) is 1.54. The van der Waals surface area contributed by atoms with E-state index in [9.17, 15) is 0 Å². The Bertz CT molecular complexity index is 277. The normalized spacial score (nSPS) is 13.3. The Balaban J connectivity index is 5.13. The van der Waals surface area contributed by atoms with E-state index < -0.39 is 0 Å². The lowest BCUT2D eigenvalue weighted by atomic mass is 10.1. The minimum atomic E-state index is 0.626. The summed E-state index contributed by atoms with van der Waals surface area (Å²) < 4.78 is 0.984. The number of hydrogen-bond donors (Lipinski definition) is 3. The molecule has 0 aromatic rings. The molecule has 0 aliphatic rings. The summed E-state index contributed by atoms with van der Waals surface area (Å²) in [5, 5.41) is 0. The topological polar surface area (TPSA) is 64.1 Å². The lowest BCUT2D eigenvalue weighted by Crippen LogP contribution is -2.21. The SMILES string of the molecule is C=C/C(C(=C)NN)=C(I)/C(C)=C\N. The van der Waals surface area contributed by atoms with Gasteiger partial charge in [0.2, 0.25) is 0 Å². The van der Waals surface area contributed by atoms with Crippen molar-refractivity contribution in [2.45, 2.75) is 6.92 Å². The van der Waals surface area contributed by atoms with Crippen LogP contribution in [0.1, 0.15) is 6.92 Å². The van der Waals surface area contributed by atoms with Crippen molar-refractivity contribution < 1.29 is 0 Å². The van der Waals surface area contributed by atoms with Crippen LogP contribution >= 0.6 is 22.6 Å². The first-order valence-corrected chi connectivity index (χ1v) is 4.73. The molecule has 0 spiro atoms. The molecule has 0 saturated heterocycles. The van der Waals surface area contributed by atoms with Gasteiger partial charge >= 0.3 is 0 Å². The Morgan fingerprint density at radius 3 is 2.38 bits per heavy atom. The number of rotatable bonds is 4. The molecule has 13 heavy (non-hydrogen) atoms. The Morgan fingerprint density at radius 2 is 2.08 bits per heavy atom. The maximum Gasteiger partial charge on any atom is 0.0496 e. The van der Waals surface area contributed by atoms with E-state index in [0.29, 0.717) is 5.70 Å². The maximum atomic E-state index is 5.39. The predicted molar refractivity (Wildman–Crippen MR) is 65.7 cm³/mol. The molecular weight excluding hydrogens is 277 g/mol. The van der Waals surface area contributed by atoms with E-state index in [-0.39, 0.29) is 0 Å². The van der Waals surface area contributed by atoms with E-state index in [4.69, 9.17) is 11.6 Å². The lowest BCUT2D eigenvalue weighted by molar-refractivity contribution is 0.908. The number of halogens is 1. The molecule has 3 nitrogen and oxygen atoms in total. The largest absolute Gasteiger partial charge is 0.404 e. The molecule has 0 aromatic heterocycles. The van der Waals surface area contributed by atoms with Crippen molar-refractivity contribution in [1.82, 2.24) is 5.43 Å². The third-order valence-corrected chi connectivity index (χ3v) is 2.97. The van der Waals surface area contributed by atoms with Crippen molar-refractivity contribution in [3.8, 4) is 0 Å². The Kier molecular flexibility index (Phi) is 5.48. The number of allylic oxidation sites excluding steroid dienone is 3. The summed E-state index contributed by atoms with van der Waals surface area (Å²) in [6.45, 7) is 9.34. The molecule has 72 valence electrons. The third kappa shape index (κ3) is 3.23. The van der Waals surface area contributed by atoms with Crippen LogP contribution < -0.4 is 17.0 Å². The van der Waals surface area contributed by atoms with Gasteiger partial charge in [-0.3, -0.25) is 5.84 Å². The van der Waals surface area contributed by atoms with E-state index >= 15 is 0 Å². The van der Waals surface area contributed by atoms with E-state index in [1.165, 1.54) is 6.20 Å². The number of nitrogens with two attached hydrogens (primary N) is 2. The van der Waals surface area contributed by atoms with Gasteiger partial charge in [0.15, 0.2) is 0 Å². The molecule has 0 atom stereocenters. The molecule has 0 saturated carbocycles. The summed E-state index contributed by atoms with van der Waals surface area (Å²) >= 11 is 2.17. The molecule has 5 N–H and O–H groups in total. The van der Waals surface area contributed by atoms with Crippen molar-refractivity contribution in [3.63, 3.8) is 0 Å².